The highest BCUT2D eigenvalue weighted by molar-refractivity contribution is 5.62. The molecule has 6 nitrogen and oxygen atoms in total. The largest absolute Gasteiger partial charge is 0.298 e. The van der Waals surface area contributed by atoms with E-state index in [2.05, 4.69) is 19.9 Å². The standard InChI is InChI=1S/C21H18N6/c22-21(17-9-1-5-13-23-17,18-10-2-6-14-24-18)27(19-11-3-7-15-25-19)20-12-4-8-16-26-20/h1-16H,22H2. The molecular weight excluding hydrogens is 336 g/mol. The van der Waals surface area contributed by atoms with Crippen LogP contribution in [0.1, 0.15) is 11.4 Å². The highest BCUT2D eigenvalue weighted by Gasteiger charge is 2.41. The molecule has 0 bridgehead atoms. The molecule has 4 heterocycles. The first-order valence-electron chi connectivity index (χ1n) is 8.54. The molecule has 2 N–H and O–H groups in total. The van der Waals surface area contributed by atoms with Crippen molar-refractivity contribution in [1.29, 1.82) is 0 Å². The maximum Gasteiger partial charge on any atom is 0.182 e. The molecule has 0 aliphatic heterocycles. The number of hydrogen-bond acceptors (Lipinski definition) is 6. The number of rotatable bonds is 5. The summed E-state index contributed by atoms with van der Waals surface area (Å²) in [4.78, 5) is 20.0. The third kappa shape index (κ3) is 3.14. The van der Waals surface area contributed by atoms with E-state index in [1.165, 1.54) is 0 Å². The molecule has 4 aromatic rings. The summed E-state index contributed by atoms with van der Waals surface area (Å²) in [7, 11) is 0. The van der Waals surface area contributed by atoms with Gasteiger partial charge in [0, 0.05) is 24.8 Å². The van der Waals surface area contributed by atoms with E-state index in [4.69, 9.17) is 5.73 Å². The van der Waals surface area contributed by atoms with Crippen LogP contribution >= 0.6 is 0 Å². The fourth-order valence-electron chi connectivity index (χ4n) is 2.99. The summed E-state index contributed by atoms with van der Waals surface area (Å²) in [6.45, 7) is 0. The lowest BCUT2D eigenvalue weighted by molar-refractivity contribution is 0.507. The quantitative estimate of drug-likeness (QED) is 0.554. The molecule has 4 aromatic heterocycles. The van der Waals surface area contributed by atoms with Crippen molar-refractivity contribution >= 4 is 11.6 Å². The Bertz CT molecular complexity index is 899. The van der Waals surface area contributed by atoms with Crippen LogP contribution in [-0.4, -0.2) is 19.9 Å². The van der Waals surface area contributed by atoms with Crippen molar-refractivity contribution in [2.75, 3.05) is 4.90 Å². The minimum atomic E-state index is -1.20. The molecule has 0 aliphatic carbocycles. The number of pyridine rings is 4. The first-order valence-corrected chi connectivity index (χ1v) is 8.54. The Morgan fingerprint density at radius 3 is 1.30 bits per heavy atom. The fraction of sp³-hybridized carbons (Fsp3) is 0.0476. The van der Waals surface area contributed by atoms with Gasteiger partial charge in [0.15, 0.2) is 5.66 Å². The minimum absolute atomic E-state index is 0.639. The molecular formula is C21H18N6. The first kappa shape index (κ1) is 16.8. The van der Waals surface area contributed by atoms with Crippen LogP contribution in [0.3, 0.4) is 0 Å². The SMILES string of the molecule is NC(c1ccccn1)(c1ccccn1)N(c1ccccn1)c1ccccn1. The van der Waals surface area contributed by atoms with Gasteiger partial charge in [-0.3, -0.25) is 20.6 Å². The molecule has 0 atom stereocenters. The minimum Gasteiger partial charge on any atom is -0.298 e. The lowest BCUT2D eigenvalue weighted by Crippen LogP contribution is -2.53. The van der Waals surface area contributed by atoms with Crippen molar-refractivity contribution in [3.63, 3.8) is 0 Å². The van der Waals surface area contributed by atoms with Gasteiger partial charge in [0.05, 0.1) is 11.4 Å². The number of nitrogens with two attached hydrogens (primary N) is 1. The van der Waals surface area contributed by atoms with E-state index >= 15 is 0 Å². The molecule has 6 heteroatoms. The summed E-state index contributed by atoms with van der Waals surface area (Å²) in [6, 6.07) is 22.6. The third-order valence-electron chi connectivity index (χ3n) is 4.22. The highest BCUT2D eigenvalue weighted by atomic mass is 15.4. The summed E-state index contributed by atoms with van der Waals surface area (Å²) in [5.41, 5.74) is 7.14. The van der Waals surface area contributed by atoms with Crippen LogP contribution in [0, 0.1) is 0 Å². The Morgan fingerprint density at radius 2 is 0.963 bits per heavy atom. The summed E-state index contributed by atoms with van der Waals surface area (Å²) < 4.78 is 0. The van der Waals surface area contributed by atoms with Crippen molar-refractivity contribution in [2.24, 2.45) is 5.73 Å². The average Bonchev–Trinajstić information content (AvgIpc) is 2.76. The Labute approximate surface area is 157 Å². The molecule has 4 rings (SSSR count). The van der Waals surface area contributed by atoms with Gasteiger partial charge in [-0.15, -0.1) is 0 Å². The van der Waals surface area contributed by atoms with Crippen LogP contribution in [0.25, 0.3) is 0 Å². The number of nitrogens with zero attached hydrogens (tertiary/aromatic N) is 5. The molecule has 0 radical (unpaired) electrons. The molecule has 132 valence electrons. The summed E-state index contributed by atoms with van der Waals surface area (Å²) in [5, 5.41) is 0. The van der Waals surface area contributed by atoms with Crippen LogP contribution in [-0.2, 0) is 5.66 Å². The van der Waals surface area contributed by atoms with Crippen LogP contribution in [0.15, 0.2) is 97.6 Å². The maximum absolute atomic E-state index is 7.07. The van der Waals surface area contributed by atoms with Crippen molar-refractivity contribution in [3.05, 3.63) is 109 Å². The zero-order valence-corrected chi connectivity index (χ0v) is 14.6. The predicted octanol–water partition coefficient (Wildman–Crippen LogP) is 3.26. The summed E-state index contributed by atoms with van der Waals surface area (Å²) >= 11 is 0. The molecule has 0 saturated carbocycles. The lowest BCUT2D eigenvalue weighted by atomic mass is 9.98. The molecule has 27 heavy (non-hydrogen) atoms. The molecule has 0 saturated heterocycles. The van der Waals surface area contributed by atoms with E-state index in [9.17, 15) is 0 Å². The molecule has 0 fully saturated rings. The topological polar surface area (TPSA) is 80.8 Å². The van der Waals surface area contributed by atoms with Gasteiger partial charge < -0.3 is 0 Å². The van der Waals surface area contributed by atoms with E-state index < -0.39 is 5.66 Å². The zero-order chi connectivity index (χ0) is 18.5. The lowest BCUT2D eigenvalue weighted by Gasteiger charge is -2.40. The van der Waals surface area contributed by atoms with Crippen molar-refractivity contribution in [3.8, 4) is 0 Å². The monoisotopic (exact) mass is 354 g/mol. The van der Waals surface area contributed by atoms with Gasteiger partial charge in [-0.25, -0.2) is 9.97 Å². The van der Waals surface area contributed by atoms with Crippen LogP contribution in [0.4, 0.5) is 11.6 Å². The van der Waals surface area contributed by atoms with Crippen LogP contribution in [0.2, 0.25) is 0 Å². The Balaban J connectivity index is 2.01. The number of aromatic nitrogens is 4. The van der Waals surface area contributed by atoms with E-state index in [0.717, 1.165) is 0 Å². The molecule has 0 amide bonds. The van der Waals surface area contributed by atoms with Gasteiger partial charge in [0.1, 0.15) is 11.6 Å². The van der Waals surface area contributed by atoms with Crippen LogP contribution in [0.5, 0.6) is 0 Å². The van der Waals surface area contributed by atoms with Gasteiger partial charge in [0.25, 0.3) is 0 Å². The normalized spacial score (nSPS) is 11.1. The van der Waals surface area contributed by atoms with Gasteiger partial charge in [-0.05, 0) is 48.5 Å². The van der Waals surface area contributed by atoms with E-state index in [1.54, 1.807) is 24.8 Å². The second-order valence-electron chi connectivity index (χ2n) is 5.91. The van der Waals surface area contributed by atoms with Gasteiger partial charge in [-0.1, -0.05) is 24.3 Å². The first-order chi connectivity index (χ1) is 13.3. The Hall–Kier alpha value is -3.64. The summed E-state index contributed by atoms with van der Waals surface area (Å²) in [6.07, 6.45) is 6.88. The Morgan fingerprint density at radius 1 is 0.556 bits per heavy atom. The second-order valence-corrected chi connectivity index (χ2v) is 5.91. The molecule has 0 unspecified atom stereocenters. The van der Waals surface area contributed by atoms with Gasteiger partial charge >= 0.3 is 0 Å². The molecule has 0 spiro atoms. The smallest absolute Gasteiger partial charge is 0.182 e. The van der Waals surface area contributed by atoms with Gasteiger partial charge in [0.2, 0.25) is 0 Å². The highest BCUT2D eigenvalue weighted by Crippen LogP contribution is 2.37. The van der Waals surface area contributed by atoms with Crippen molar-refractivity contribution < 1.29 is 0 Å². The van der Waals surface area contributed by atoms with Crippen molar-refractivity contribution in [1.82, 2.24) is 19.9 Å². The molecule has 0 aliphatic rings. The molecule has 0 aromatic carbocycles. The van der Waals surface area contributed by atoms with Crippen LogP contribution < -0.4 is 10.6 Å². The fourth-order valence-corrected chi connectivity index (χ4v) is 2.99. The second kappa shape index (κ2) is 7.31. The summed E-state index contributed by atoms with van der Waals surface area (Å²) in [5.74, 6) is 1.30. The van der Waals surface area contributed by atoms with Crippen molar-refractivity contribution in [2.45, 2.75) is 5.66 Å². The number of hydrogen-bond donors (Lipinski definition) is 1. The average molecular weight is 354 g/mol. The van der Waals surface area contributed by atoms with E-state index in [-0.39, 0.29) is 0 Å². The third-order valence-corrected chi connectivity index (χ3v) is 4.22. The maximum atomic E-state index is 7.07. The van der Waals surface area contributed by atoms with E-state index in [0.29, 0.717) is 23.0 Å². The zero-order valence-electron chi connectivity index (χ0n) is 14.6. The Kier molecular flexibility index (Phi) is 4.55. The number of anilines is 2. The predicted molar refractivity (Wildman–Crippen MR) is 104 cm³/mol. The van der Waals surface area contributed by atoms with E-state index in [1.807, 2.05) is 77.7 Å². The van der Waals surface area contributed by atoms with Gasteiger partial charge in [-0.2, -0.15) is 0 Å².